The van der Waals surface area contributed by atoms with Gasteiger partial charge >= 0.3 is 0 Å². The van der Waals surface area contributed by atoms with E-state index >= 15 is 0 Å². The van der Waals surface area contributed by atoms with Crippen LogP contribution in [0.1, 0.15) is 0 Å². The van der Waals surface area contributed by atoms with Gasteiger partial charge in [0.05, 0.1) is 22.4 Å². The molecule has 2 aromatic heterocycles. The van der Waals surface area contributed by atoms with Crippen molar-refractivity contribution in [2.24, 2.45) is 0 Å². The van der Waals surface area contributed by atoms with Gasteiger partial charge in [-0.25, -0.2) is 0 Å². The van der Waals surface area contributed by atoms with Crippen LogP contribution in [0.25, 0.3) is 76.5 Å². The summed E-state index contributed by atoms with van der Waals surface area (Å²) in [5.41, 5.74) is 8.85. The predicted molar refractivity (Wildman–Crippen MR) is 196 cm³/mol. The molecule has 2 heterocycles. The Labute approximate surface area is 270 Å². The molecular formula is C44H27NO2. The average molecular weight is 602 g/mol. The molecule has 0 spiro atoms. The van der Waals surface area contributed by atoms with Crippen LogP contribution >= 0.6 is 0 Å². The molecule has 0 aliphatic carbocycles. The van der Waals surface area contributed by atoms with E-state index in [9.17, 15) is 0 Å². The molecule has 0 fully saturated rings. The van der Waals surface area contributed by atoms with Crippen LogP contribution in [-0.2, 0) is 0 Å². The Hall–Kier alpha value is -6.32. The lowest BCUT2D eigenvalue weighted by atomic mass is 9.97. The van der Waals surface area contributed by atoms with Crippen molar-refractivity contribution in [3.8, 4) is 11.1 Å². The fourth-order valence-electron chi connectivity index (χ4n) is 7.33. The summed E-state index contributed by atoms with van der Waals surface area (Å²) in [4.78, 5) is 2.40. The number of benzene rings is 8. The molecule has 0 saturated heterocycles. The Bertz CT molecular complexity index is 2820. The maximum Gasteiger partial charge on any atom is 0.143 e. The number of hydrogen-bond acceptors (Lipinski definition) is 3. The summed E-state index contributed by atoms with van der Waals surface area (Å²) in [7, 11) is 0. The molecule has 0 N–H and O–H groups in total. The van der Waals surface area contributed by atoms with Crippen LogP contribution in [0.5, 0.6) is 0 Å². The van der Waals surface area contributed by atoms with Crippen LogP contribution < -0.4 is 4.90 Å². The number of anilines is 3. The molecule has 0 amide bonds. The van der Waals surface area contributed by atoms with Crippen molar-refractivity contribution in [3.05, 3.63) is 164 Å². The molecule has 220 valence electrons. The maximum absolute atomic E-state index is 6.74. The molecule has 0 saturated carbocycles. The molecule has 47 heavy (non-hydrogen) atoms. The van der Waals surface area contributed by atoms with Crippen LogP contribution in [0.2, 0.25) is 0 Å². The lowest BCUT2D eigenvalue weighted by molar-refractivity contribution is 0.669. The van der Waals surface area contributed by atoms with Crippen LogP contribution in [0, 0.1) is 0 Å². The van der Waals surface area contributed by atoms with E-state index in [1.807, 2.05) is 12.1 Å². The fourth-order valence-corrected chi connectivity index (χ4v) is 7.33. The van der Waals surface area contributed by atoms with Crippen molar-refractivity contribution in [2.45, 2.75) is 0 Å². The van der Waals surface area contributed by atoms with Gasteiger partial charge in [-0.15, -0.1) is 0 Å². The summed E-state index contributed by atoms with van der Waals surface area (Å²) in [6, 6.07) is 57.8. The Kier molecular flexibility index (Phi) is 5.57. The molecule has 8 aromatic carbocycles. The van der Waals surface area contributed by atoms with Gasteiger partial charge in [0.2, 0.25) is 0 Å². The molecule has 3 heteroatoms. The zero-order valence-electron chi connectivity index (χ0n) is 25.4. The summed E-state index contributed by atoms with van der Waals surface area (Å²) >= 11 is 0. The van der Waals surface area contributed by atoms with Crippen LogP contribution in [0.4, 0.5) is 17.1 Å². The van der Waals surface area contributed by atoms with Crippen molar-refractivity contribution < 1.29 is 8.83 Å². The summed E-state index contributed by atoms with van der Waals surface area (Å²) in [5.74, 6) is 0. The van der Waals surface area contributed by atoms with E-state index in [1.54, 1.807) is 0 Å². The number of furan rings is 2. The third kappa shape index (κ3) is 3.93. The number of nitrogens with zero attached hydrogens (tertiary/aromatic N) is 1. The lowest BCUT2D eigenvalue weighted by Gasteiger charge is -2.29. The lowest BCUT2D eigenvalue weighted by Crippen LogP contribution is -2.12. The van der Waals surface area contributed by atoms with E-state index in [0.29, 0.717) is 0 Å². The van der Waals surface area contributed by atoms with E-state index in [2.05, 4.69) is 157 Å². The summed E-state index contributed by atoms with van der Waals surface area (Å²) in [6.07, 6.45) is 0. The molecule has 0 bridgehead atoms. The minimum atomic E-state index is 0.859. The van der Waals surface area contributed by atoms with Crippen molar-refractivity contribution in [1.29, 1.82) is 0 Å². The minimum absolute atomic E-state index is 0.859. The Morgan fingerprint density at radius 2 is 0.936 bits per heavy atom. The topological polar surface area (TPSA) is 29.5 Å². The third-order valence-corrected chi connectivity index (χ3v) is 9.43. The smallest absolute Gasteiger partial charge is 0.143 e. The molecule has 0 aliphatic heterocycles. The largest absolute Gasteiger partial charge is 0.456 e. The minimum Gasteiger partial charge on any atom is -0.456 e. The van der Waals surface area contributed by atoms with Crippen molar-refractivity contribution in [1.82, 2.24) is 0 Å². The molecular weight excluding hydrogens is 574 g/mol. The van der Waals surface area contributed by atoms with E-state index in [4.69, 9.17) is 8.83 Å². The first kappa shape index (κ1) is 26.0. The number of fused-ring (bicyclic) bond motifs is 8. The highest BCUT2D eigenvalue weighted by atomic mass is 16.3. The van der Waals surface area contributed by atoms with Gasteiger partial charge in [0.15, 0.2) is 0 Å². The Morgan fingerprint density at radius 1 is 0.340 bits per heavy atom. The number of hydrogen-bond donors (Lipinski definition) is 0. The van der Waals surface area contributed by atoms with Crippen LogP contribution in [0.3, 0.4) is 0 Å². The zero-order valence-corrected chi connectivity index (χ0v) is 25.4. The summed E-state index contributed by atoms with van der Waals surface area (Å²) < 4.78 is 13.1. The molecule has 0 aliphatic rings. The average Bonchev–Trinajstić information content (AvgIpc) is 3.69. The molecule has 10 rings (SSSR count). The number of rotatable bonds is 4. The highest BCUT2D eigenvalue weighted by molar-refractivity contribution is 6.17. The van der Waals surface area contributed by atoms with Gasteiger partial charge in [0.1, 0.15) is 22.3 Å². The highest BCUT2D eigenvalue weighted by Crippen LogP contribution is 2.49. The Morgan fingerprint density at radius 3 is 1.85 bits per heavy atom. The Balaban J connectivity index is 1.30. The molecule has 0 atom stereocenters. The van der Waals surface area contributed by atoms with Gasteiger partial charge < -0.3 is 13.7 Å². The summed E-state index contributed by atoms with van der Waals surface area (Å²) in [5, 5.41) is 9.13. The van der Waals surface area contributed by atoms with E-state index < -0.39 is 0 Å². The van der Waals surface area contributed by atoms with Gasteiger partial charge in [-0.2, -0.15) is 0 Å². The van der Waals surface area contributed by atoms with Gasteiger partial charge in [-0.05, 0) is 58.6 Å². The van der Waals surface area contributed by atoms with E-state index in [1.165, 1.54) is 21.5 Å². The second kappa shape index (κ2) is 10.1. The standard InChI is InChI=1S/C44H27NO2/c1-2-14-30-27-42-36(26-29(30)13-1)34-20-10-19-33(44(34)47-42)32-17-5-7-21-38(32)45(37-22-9-15-28-12-3-4-16-31(28)37)39-23-11-25-41-43(39)35-18-6-8-24-40(35)46-41/h1-27H. The highest BCUT2D eigenvalue weighted by Gasteiger charge is 2.24. The van der Waals surface area contributed by atoms with Crippen LogP contribution in [-0.4, -0.2) is 0 Å². The quantitative estimate of drug-likeness (QED) is 0.201. The van der Waals surface area contributed by atoms with Crippen LogP contribution in [0.15, 0.2) is 173 Å². The van der Waals surface area contributed by atoms with Gasteiger partial charge in [0, 0.05) is 32.7 Å². The molecule has 10 aromatic rings. The predicted octanol–water partition coefficient (Wildman–Crippen LogP) is 12.9. The van der Waals surface area contributed by atoms with Gasteiger partial charge in [-0.3, -0.25) is 0 Å². The third-order valence-electron chi connectivity index (χ3n) is 9.43. The SMILES string of the molecule is c1ccc(N(c2cccc3ccccc23)c2cccc3oc4ccccc4c23)c(-c2cccc3c2oc2cc4ccccc4cc23)c1. The molecule has 3 nitrogen and oxygen atoms in total. The van der Waals surface area contributed by atoms with Crippen molar-refractivity contribution in [2.75, 3.05) is 4.90 Å². The van der Waals surface area contributed by atoms with Gasteiger partial charge in [-0.1, -0.05) is 121 Å². The molecule has 0 unspecified atom stereocenters. The first-order chi connectivity index (χ1) is 23.3. The van der Waals surface area contributed by atoms with Crippen molar-refractivity contribution in [3.63, 3.8) is 0 Å². The van der Waals surface area contributed by atoms with E-state index in [0.717, 1.165) is 72.1 Å². The second-order valence-corrected chi connectivity index (χ2v) is 12.1. The normalized spacial score (nSPS) is 11.8. The first-order valence-corrected chi connectivity index (χ1v) is 15.9. The maximum atomic E-state index is 6.74. The first-order valence-electron chi connectivity index (χ1n) is 15.9. The van der Waals surface area contributed by atoms with Crippen molar-refractivity contribution >= 4 is 82.5 Å². The van der Waals surface area contributed by atoms with E-state index in [-0.39, 0.29) is 0 Å². The van der Waals surface area contributed by atoms with Gasteiger partial charge in [0.25, 0.3) is 0 Å². The summed E-state index contributed by atoms with van der Waals surface area (Å²) in [6.45, 7) is 0. The second-order valence-electron chi connectivity index (χ2n) is 12.1. The molecule has 0 radical (unpaired) electrons. The zero-order chi connectivity index (χ0) is 30.9. The fraction of sp³-hybridized carbons (Fsp3) is 0. The monoisotopic (exact) mass is 601 g/mol. The number of para-hydroxylation sites is 3.